The normalized spacial score (nSPS) is 26.0. The lowest BCUT2D eigenvalue weighted by Gasteiger charge is -2.29. The fourth-order valence-corrected chi connectivity index (χ4v) is 4.91. The molecule has 2 fully saturated rings. The lowest BCUT2D eigenvalue weighted by Crippen LogP contribution is -2.57. The van der Waals surface area contributed by atoms with Crippen molar-refractivity contribution in [2.75, 3.05) is 6.54 Å². The summed E-state index contributed by atoms with van der Waals surface area (Å²) >= 11 is 0. The lowest BCUT2D eigenvalue weighted by molar-refractivity contribution is -0.155. The van der Waals surface area contributed by atoms with Gasteiger partial charge in [-0.05, 0) is 17.2 Å². The minimum atomic E-state index is -2.20. The fourth-order valence-electron chi connectivity index (χ4n) is 4.91. The molecule has 2 saturated heterocycles. The van der Waals surface area contributed by atoms with Crippen LogP contribution in [-0.4, -0.2) is 50.9 Å². The topological polar surface area (TPSA) is 148 Å². The number of carbonyl (C=O) groups excluding carboxylic acids is 2. The van der Waals surface area contributed by atoms with Crippen LogP contribution in [0, 0.1) is 23.2 Å². The number of nitrogens with one attached hydrogen (secondary N) is 1. The number of fused-ring (bicyclic) bond motifs is 1. The zero-order valence-electron chi connectivity index (χ0n) is 17.9. The van der Waals surface area contributed by atoms with E-state index in [9.17, 15) is 34.7 Å². The quantitative estimate of drug-likeness (QED) is 0.531. The van der Waals surface area contributed by atoms with E-state index in [1.54, 1.807) is 30.4 Å². The van der Waals surface area contributed by atoms with Crippen molar-refractivity contribution < 1.29 is 29.4 Å². The number of hydrogen-bond donors (Lipinski definition) is 3. The van der Waals surface area contributed by atoms with Crippen LogP contribution in [0.25, 0.3) is 6.08 Å². The molecule has 2 aromatic rings. The van der Waals surface area contributed by atoms with Crippen LogP contribution >= 0.6 is 0 Å². The van der Waals surface area contributed by atoms with Gasteiger partial charge in [0, 0.05) is 12.6 Å². The third-order valence-electron chi connectivity index (χ3n) is 6.37. The number of benzene rings is 2. The predicted octanol–water partition coefficient (Wildman–Crippen LogP) is 1.82. The molecule has 4 rings (SSSR count). The van der Waals surface area contributed by atoms with Gasteiger partial charge >= 0.3 is 11.9 Å². The molecule has 9 heteroatoms. The first-order chi connectivity index (χ1) is 16.3. The number of carboxylic acid groups (broad SMARTS) is 2. The number of nitrogens with zero attached hydrogens (tertiary/aromatic N) is 2. The van der Waals surface area contributed by atoms with Crippen molar-refractivity contribution in [3.63, 3.8) is 0 Å². The van der Waals surface area contributed by atoms with E-state index in [1.807, 2.05) is 36.4 Å². The van der Waals surface area contributed by atoms with Gasteiger partial charge in [0.15, 0.2) is 0 Å². The number of rotatable bonds is 7. The summed E-state index contributed by atoms with van der Waals surface area (Å²) in [6.45, 7) is -0.0883. The molecule has 9 nitrogen and oxygen atoms in total. The summed E-state index contributed by atoms with van der Waals surface area (Å²) in [5, 5.41) is 31.9. The molecule has 34 heavy (non-hydrogen) atoms. The molecule has 3 N–H and O–H groups in total. The molecule has 4 atom stereocenters. The van der Waals surface area contributed by atoms with Crippen LogP contribution in [-0.2, 0) is 19.2 Å². The number of amides is 2. The second kappa shape index (κ2) is 8.92. The van der Waals surface area contributed by atoms with Crippen LogP contribution < -0.4 is 5.32 Å². The zero-order valence-corrected chi connectivity index (χ0v) is 17.9. The Bertz CT molecular complexity index is 1230. The second-order valence-corrected chi connectivity index (χ2v) is 8.27. The van der Waals surface area contributed by atoms with Crippen LogP contribution in [0.5, 0.6) is 0 Å². The van der Waals surface area contributed by atoms with Crippen molar-refractivity contribution in [2.45, 2.75) is 18.0 Å². The molecule has 2 aliphatic rings. The molecular weight excluding hydrogens is 438 g/mol. The van der Waals surface area contributed by atoms with E-state index in [4.69, 9.17) is 0 Å². The summed E-state index contributed by atoms with van der Waals surface area (Å²) < 4.78 is 0. The molecule has 2 amide bonds. The number of imide groups is 1. The van der Waals surface area contributed by atoms with Gasteiger partial charge in [-0.2, -0.15) is 5.26 Å². The molecule has 0 radical (unpaired) electrons. The summed E-state index contributed by atoms with van der Waals surface area (Å²) in [4.78, 5) is 51.8. The maximum absolute atomic E-state index is 13.4. The first kappa shape index (κ1) is 22.9. The first-order valence-corrected chi connectivity index (χ1v) is 10.6. The average molecular weight is 459 g/mol. The Morgan fingerprint density at radius 2 is 1.74 bits per heavy atom. The van der Waals surface area contributed by atoms with Crippen molar-refractivity contribution in [2.24, 2.45) is 11.8 Å². The Kier molecular flexibility index (Phi) is 6.01. The molecule has 172 valence electrons. The highest BCUT2D eigenvalue weighted by Gasteiger charge is 2.69. The highest BCUT2D eigenvalue weighted by atomic mass is 16.4. The van der Waals surface area contributed by atoms with Crippen LogP contribution in [0.2, 0.25) is 0 Å². The molecule has 0 bridgehead atoms. The van der Waals surface area contributed by atoms with E-state index >= 15 is 0 Å². The van der Waals surface area contributed by atoms with Gasteiger partial charge in [0.2, 0.25) is 11.8 Å². The summed E-state index contributed by atoms with van der Waals surface area (Å²) in [5.41, 5.74) is -0.793. The molecule has 2 heterocycles. The van der Waals surface area contributed by atoms with E-state index in [1.165, 1.54) is 6.07 Å². The maximum Gasteiger partial charge on any atom is 0.325 e. The van der Waals surface area contributed by atoms with Crippen molar-refractivity contribution >= 4 is 29.8 Å². The van der Waals surface area contributed by atoms with Gasteiger partial charge in [-0.3, -0.25) is 29.4 Å². The number of carbonyl (C=O) groups is 4. The van der Waals surface area contributed by atoms with E-state index in [2.05, 4.69) is 5.32 Å². The van der Waals surface area contributed by atoms with Crippen molar-refractivity contribution in [3.05, 3.63) is 77.4 Å². The summed E-state index contributed by atoms with van der Waals surface area (Å²) in [5.74, 6) is -6.92. The monoisotopic (exact) mass is 459 g/mol. The van der Waals surface area contributed by atoms with Crippen LogP contribution in [0.4, 0.5) is 0 Å². The molecule has 0 saturated carbocycles. The largest absolute Gasteiger partial charge is 0.481 e. The molecule has 2 aliphatic heterocycles. The van der Waals surface area contributed by atoms with E-state index in [0.29, 0.717) is 5.56 Å². The van der Waals surface area contributed by atoms with Gasteiger partial charge in [-0.1, -0.05) is 60.7 Å². The minimum Gasteiger partial charge on any atom is -0.481 e. The Morgan fingerprint density at radius 1 is 1.06 bits per heavy atom. The summed E-state index contributed by atoms with van der Waals surface area (Å²) in [6.07, 6.45) is 2.45. The molecule has 2 aromatic carbocycles. The van der Waals surface area contributed by atoms with Gasteiger partial charge in [0.25, 0.3) is 0 Å². The van der Waals surface area contributed by atoms with Gasteiger partial charge < -0.3 is 10.2 Å². The van der Waals surface area contributed by atoms with Crippen LogP contribution in [0.15, 0.2) is 60.7 Å². The van der Waals surface area contributed by atoms with Gasteiger partial charge in [-0.15, -0.1) is 0 Å². The van der Waals surface area contributed by atoms with Crippen molar-refractivity contribution in [1.29, 1.82) is 5.26 Å². The minimum absolute atomic E-state index is 0.0883. The van der Waals surface area contributed by atoms with E-state index < -0.39 is 53.6 Å². The van der Waals surface area contributed by atoms with Crippen LogP contribution in [0.1, 0.15) is 29.2 Å². The third-order valence-corrected chi connectivity index (χ3v) is 6.37. The van der Waals surface area contributed by atoms with E-state index in [0.717, 1.165) is 10.5 Å². The third kappa shape index (κ3) is 3.74. The Morgan fingerprint density at radius 3 is 2.38 bits per heavy atom. The number of hydrogen-bond acceptors (Lipinski definition) is 6. The van der Waals surface area contributed by atoms with Gasteiger partial charge in [0.05, 0.1) is 29.9 Å². The number of aliphatic carboxylic acids is 2. The molecule has 0 spiro atoms. The van der Waals surface area contributed by atoms with Crippen LogP contribution in [0.3, 0.4) is 0 Å². The number of nitriles is 1. The van der Waals surface area contributed by atoms with E-state index in [-0.39, 0.29) is 12.1 Å². The highest BCUT2D eigenvalue weighted by Crippen LogP contribution is 2.50. The predicted molar refractivity (Wildman–Crippen MR) is 119 cm³/mol. The number of carboxylic acids is 2. The second-order valence-electron chi connectivity index (χ2n) is 8.27. The zero-order chi connectivity index (χ0) is 24.5. The Hall–Kier alpha value is -4.29. The van der Waals surface area contributed by atoms with Gasteiger partial charge in [0.1, 0.15) is 5.54 Å². The SMILES string of the molecule is N#Cc1ccccc1C1NC(CC(=O)O)(C(=O)O)C2C(=O)N(C/C=C\c3ccccc3)C(=O)C12. The highest BCUT2D eigenvalue weighted by molar-refractivity contribution is 6.10. The molecule has 0 aliphatic carbocycles. The smallest absolute Gasteiger partial charge is 0.325 e. The Balaban J connectivity index is 1.75. The van der Waals surface area contributed by atoms with Crippen molar-refractivity contribution in [3.8, 4) is 6.07 Å². The lowest BCUT2D eigenvalue weighted by atomic mass is 9.77. The average Bonchev–Trinajstić information content (AvgIpc) is 3.29. The molecule has 0 aromatic heterocycles. The Labute approximate surface area is 194 Å². The molecule has 4 unspecified atom stereocenters. The maximum atomic E-state index is 13.4. The van der Waals surface area contributed by atoms with Crippen molar-refractivity contribution in [1.82, 2.24) is 10.2 Å². The summed E-state index contributed by atoms with van der Waals surface area (Å²) in [6, 6.07) is 16.6. The fraction of sp³-hybridized carbons (Fsp3) is 0.240. The standard InChI is InChI=1S/C25H21N3O6/c26-14-16-10-4-5-11-17(16)21-19-20(25(27-21,24(33)34)13-18(29)30)23(32)28(22(19)31)12-6-9-15-7-2-1-3-8-15/h1-11,19-21,27H,12-13H2,(H,29,30)(H,33,34)/b9-6-. The summed E-state index contributed by atoms with van der Waals surface area (Å²) in [7, 11) is 0. The molecular formula is C25H21N3O6. The van der Waals surface area contributed by atoms with Gasteiger partial charge in [-0.25, -0.2) is 0 Å². The number of likely N-dealkylation sites (tertiary alicyclic amines) is 1. The first-order valence-electron chi connectivity index (χ1n) is 10.6.